The number of likely N-dealkylation sites (N-methyl/N-ethyl adjacent to an activating group) is 1. The predicted octanol–water partition coefficient (Wildman–Crippen LogP) is 1.30. The van der Waals surface area contributed by atoms with Crippen molar-refractivity contribution >= 4 is 5.91 Å². The molecule has 1 saturated carbocycles. The van der Waals surface area contributed by atoms with Crippen molar-refractivity contribution in [1.82, 2.24) is 9.80 Å². The molecule has 4 heteroatoms. The molecule has 1 aliphatic carbocycles. The van der Waals surface area contributed by atoms with Gasteiger partial charge in [0.25, 0.3) is 0 Å². The van der Waals surface area contributed by atoms with Gasteiger partial charge in [0.15, 0.2) is 0 Å². The third kappa shape index (κ3) is 2.95. The van der Waals surface area contributed by atoms with Gasteiger partial charge in [-0.25, -0.2) is 0 Å². The van der Waals surface area contributed by atoms with Crippen LogP contribution in [0.2, 0.25) is 0 Å². The molecule has 1 saturated heterocycles. The zero-order valence-electron chi connectivity index (χ0n) is 12.9. The van der Waals surface area contributed by atoms with E-state index in [2.05, 4.69) is 32.7 Å². The van der Waals surface area contributed by atoms with Crippen molar-refractivity contribution in [2.75, 3.05) is 26.7 Å². The van der Waals surface area contributed by atoms with Gasteiger partial charge in [-0.15, -0.1) is 0 Å². The van der Waals surface area contributed by atoms with Crippen molar-refractivity contribution in [3.05, 3.63) is 0 Å². The molecule has 3 atom stereocenters. The highest BCUT2D eigenvalue weighted by Gasteiger charge is 2.39. The number of hydrogen-bond acceptors (Lipinski definition) is 3. The predicted molar refractivity (Wildman–Crippen MR) is 77.8 cm³/mol. The van der Waals surface area contributed by atoms with E-state index in [1.807, 2.05) is 4.90 Å². The Kier molecular flexibility index (Phi) is 4.21. The van der Waals surface area contributed by atoms with Gasteiger partial charge in [0.05, 0.1) is 5.92 Å². The molecule has 1 aliphatic heterocycles. The summed E-state index contributed by atoms with van der Waals surface area (Å²) in [5.41, 5.74) is 6.33. The van der Waals surface area contributed by atoms with Gasteiger partial charge in [-0.1, -0.05) is 13.3 Å². The number of amides is 1. The van der Waals surface area contributed by atoms with Gasteiger partial charge in [0.1, 0.15) is 0 Å². The summed E-state index contributed by atoms with van der Waals surface area (Å²) in [4.78, 5) is 17.1. The molecule has 110 valence electrons. The molecule has 2 fully saturated rings. The molecule has 1 heterocycles. The molecule has 0 radical (unpaired) electrons. The molecule has 0 aromatic carbocycles. The number of carbonyl (C=O) groups excluding carboxylic acids is 1. The number of carbonyl (C=O) groups is 1. The monoisotopic (exact) mass is 267 g/mol. The highest BCUT2D eigenvalue weighted by Crippen LogP contribution is 2.30. The van der Waals surface area contributed by atoms with Crippen molar-refractivity contribution in [3.63, 3.8) is 0 Å². The fraction of sp³-hybridized carbons (Fsp3) is 0.933. The van der Waals surface area contributed by atoms with Crippen LogP contribution in [-0.2, 0) is 4.79 Å². The second-order valence-electron chi connectivity index (χ2n) is 7.09. The molecule has 0 spiro atoms. The average Bonchev–Trinajstić information content (AvgIpc) is 2.35. The Hall–Kier alpha value is -0.610. The van der Waals surface area contributed by atoms with Gasteiger partial charge in [-0.3, -0.25) is 9.69 Å². The van der Waals surface area contributed by atoms with Crippen LogP contribution < -0.4 is 5.73 Å². The Labute approximate surface area is 117 Å². The molecule has 2 aliphatic rings. The lowest BCUT2D eigenvalue weighted by molar-refractivity contribution is -0.142. The van der Waals surface area contributed by atoms with E-state index in [4.69, 9.17) is 5.73 Å². The maximum atomic E-state index is 12.7. The Bertz CT molecular complexity index is 342. The van der Waals surface area contributed by atoms with Gasteiger partial charge < -0.3 is 10.6 Å². The minimum Gasteiger partial charge on any atom is -0.339 e. The topological polar surface area (TPSA) is 49.6 Å². The highest BCUT2D eigenvalue weighted by molar-refractivity contribution is 5.80. The van der Waals surface area contributed by atoms with Crippen molar-refractivity contribution < 1.29 is 4.79 Å². The lowest BCUT2D eigenvalue weighted by Crippen LogP contribution is -2.61. The first kappa shape index (κ1) is 14.8. The molecule has 0 aromatic heterocycles. The molecule has 19 heavy (non-hydrogen) atoms. The van der Waals surface area contributed by atoms with Gasteiger partial charge in [0.2, 0.25) is 5.91 Å². The molecule has 0 bridgehead atoms. The largest absolute Gasteiger partial charge is 0.339 e. The van der Waals surface area contributed by atoms with E-state index in [1.54, 1.807) is 0 Å². The standard InChI is InChI=1S/C15H29N3O/c1-11-6-5-7-12(13(11)16)14(19)18-9-8-17(4)15(2,3)10-18/h11-13H,5-10,16H2,1-4H3. The van der Waals surface area contributed by atoms with Crippen LogP contribution in [0.1, 0.15) is 40.0 Å². The van der Waals surface area contributed by atoms with Gasteiger partial charge >= 0.3 is 0 Å². The summed E-state index contributed by atoms with van der Waals surface area (Å²) < 4.78 is 0. The average molecular weight is 267 g/mol. The van der Waals surface area contributed by atoms with E-state index < -0.39 is 0 Å². The maximum Gasteiger partial charge on any atom is 0.227 e. The van der Waals surface area contributed by atoms with Crippen molar-refractivity contribution in [3.8, 4) is 0 Å². The molecule has 4 nitrogen and oxygen atoms in total. The SMILES string of the molecule is CC1CCCC(C(=O)N2CCN(C)C(C)(C)C2)C1N. The van der Waals surface area contributed by atoms with Crippen LogP contribution in [0.4, 0.5) is 0 Å². The zero-order chi connectivity index (χ0) is 14.2. The van der Waals surface area contributed by atoms with Crippen LogP contribution in [0.5, 0.6) is 0 Å². The summed E-state index contributed by atoms with van der Waals surface area (Å²) in [5.74, 6) is 0.811. The lowest BCUT2D eigenvalue weighted by Gasteiger charge is -2.47. The Morgan fingerprint density at radius 2 is 1.95 bits per heavy atom. The van der Waals surface area contributed by atoms with Crippen LogP contribution in [0, 0.1) is 11.8 Å². The number of hydrogen-bond donors (Lipinski definition) is 1. The zero-order valence-corrected chi connectivity index (χ0v) is 12.9. The lowest BCUT2D eigenvalue weighted by atomic mass is 9.77. The summed E-state index contributed by atoms with van der Waals surface area (Å²) in [7, 11) is 2.14. The third-order valence-corrected chi connectivity index (χ3v) is 5.24. The van der Waals surface area contributed by atoms with Crippen LogP contribution >= 0.6 is 0 Å². The van der Waals surface area contributed by atoms with E-state index in [0.29, 0.717) is 11.8 Å². The van der Waals surface area contributed by atoms with Crippen molar-refractivity contribution in [2.45, 2.75) is 51.6 Å². The quantitative estimate of drug-likeness (QED) is 0.779. The number of nitrogens with two attached hydrogens (primary N) is 1. The summed E-state index contributed by atoms with van der Waals surface area (Å²) >= 11 is 0. The van der Waals surface area contributed by atoms with Crippen LogP contribution in [-0.4, -0.2) is 54.0 Å². The smallest absolute Gasteiger partial charge is 0.227 e. The van der Waals surface area contributed by atoms with Crippen LogP contribution in [0.3, 0.4) is 0 Å². The van der Waals surface area contributed by atoms with E-state index in [1.165, 1.54) is 6.42 Å². The van der Waals surface area contributed by atoms with E-state index in [9.17, 15) is 4.79 Å². The number of piperazine rings is 1. The van der Waals surface area contributed by atoms with E-state index in [-0.39, 0.29) is 17.5 Å². The second-order valence-corrected chi connectivity index (χ2v) is 7.09. The van der Waals surface area contributed by atoms with E-state index in [0.717, 1.165) is 32.5 Å². The van der Waals surface area contributed by atoms with Crippen LogP contribution in [0.25, 0.3) is 0 Å². The molecule has 2 N–H and O–H groups in total. The molecule has 1 amide bonds. The van der Waals surface area contributed by atoms with Crippen molar-refractivity contribution in [1.29, 1.82) is 0 Å². The summed E-state index contributed by atoms with van der Waals surface area (Å²) in [6.45, 7) is 9.20. The Morgan fingerprint density at radius 3 is 2.58 bits per heavy atom. The normalized spacial score (nSPS) is 36.3. The summed E-state index contributed by atoms with van der Waals surface area (Å²) in [5, 5.41) is 0. The van der Waals surface area contributed by atoms with Gasteiger partial charge in [-0.2, -0.15) is 0 Å². The van der Waals surface area contributed by atoms with E-state index >= 15 is 0 Å². The molecule has 0 aromatic rings. The molecule has 3 unspecified atom stereocenters. The van der Waals surface area contributed by atoms with Crippen molar-refractivity contribution in [2.24, 2.45) is 17.6 Å². The summed E-state index contributed by atoms with van der Waals surface area (Å²) in [6, 6.07) is 0.0454. The number of nitrogens with zero attached hydrogens (tertiary/aromatic N) is 2. The van der Waals surface area contributed by atoms with Gasteiger partial charge in [-0.05, 0) is 39.7 Å². The number of rotatable bonds is 1. The first-order valence-electron chi connectivity index (χ1n) is 7.58. The summed E-state index contributed by atoms with van der Waals surface area (Å²) in [6.07, 6.45) is 3.28. The Balaban J connectivity index is 2.03. The first-order chi connectivity index (χ1) is 8.83. The first-order valence-corrected chi connectivity index (χ1v) is 7.58. The Morgan fingerprint density at radius 1 is 1.26 bits per heavy atom. The third-order valence-electron chi connectivity index (χ3n) is 5.24. The van der Waals surface area contributed by atoms with Gasteiger partial charge in [0, 0.05) is 31.2 Å². The minimum atomic E-state index is 0.0444. The minimum absolute atomic E-state index is 0.0444. The molecule has 2 rings (SSSR count). The maximum absolute atomic E-state index is 12.7. The second kappa shape index (κ2) is 5.41. The fourth-order valence-corrected chi connectivity index (χ4v) is 3.39. The van der Waals surface area contributed by atoms with Crippen LogP contribution in [0.15, 0.2) is 0 Å². The molecular formula is C15H29N3O. The highest BCUT2D eigenvalue weighted by atomic mass is 16.2. The molecular weight excluding hydrogens is 238 g/mol. The fourth-order valence-electron chi connectivity index (χ4n) is 3.39.